The van der Waals surface area contributed by atoms with Crippen molar-refractivity contribution in [3.05, 3.63) is 101 Å². The van der Waals surface area contributed by atoms with E-state index < -0.39 is 5.82 Å². The molecule has 0 aliphatic heterocycles. The number of nitrogens with zero attached hydrogens (tertiary/aromatic N) is 2. The van der Waals surface area contributed by atoms with Gasteiger partial charge in [-0.2, -0.15) is 0 Å². The minimum atomic E-state index is -0.540. The Labute approximate surface area is 190 Å². The van der Waals surface area contributed by atoms with E-state index in [0.29, 0.717) is 24.7 Å². The van der Waals surface area contributed by atoms with Crippen LogP contribution in [0.1, 0.15) is 11.1 Å². The Bertz CT molecular complexity index is 1250. The Balaban J connectivity index is 1.66. The number of ether oxygens (including phenoxy) is 1. The molecule has 0 aliphatic rings. The number of urea groups is 1. The van der Waals surface area contributed by atoms with Crippen LogP contribution in [0, 0.1) is 5.82 Å². The first-order valence-corrected chi connectivity index (χ1v) is 10.4. The summed E-state index contributed by atoms with van der Waals surface area (Å²) in [5.41, 5.74) is 2.27. The highest BCUT2D eigenvalue weighted by atomic mass is 35.5. The Morgan fingerprint density at radius 2 is 1.75 bits per heavy atom. The number of methoxy groups -OCH3 is 1. The van der Waals surface area contributed by atoms with Gasteiger partial charge in [-0.05, 0) is 40.8 Å². The summed E-state index contributed by atoms with van der Waals surface area (Å²) >= 11 is 5.87. The number of amides is 2. The van der Waals surface area contributed by atoms with E-state index in [2.05, 4.69) is 10.3 Å². The van der Waals surface area contributed by atoms with Gasteiger partial charge in [0, 0.05) is 30.4 Å². The zero-order chi connectivity index (χ0) is 22.5. The first kappa shape index (κ1) is 21.6. The van der Waals surface area contributed by atoms with Gasteiger partial charge < -0.3 is 15.0 Å². The molecule has 1 aromatic heterocycles. The molecule has 4 rings (SSSR count). The molecular weight excluding hydrogens is 429 g/mol. The highest BCUT2D eigenvalue weighted by Crippen LogP contribution is 2.27. The van der Waals surface area contributed by atoms with Crippen LogP contribution in [0.5, 0.6) is 5.88 Å². The van der Waals surface area contributed by atoms with Crippen LogP contribution in [0.3, 0.4) is 0 Å². The molecule has 0 saturated carbocycles. The molecule has 0 atom stereocenters. The van der Waals surface area contributed by atoms with Crippen molar-refractivity contribution >= 4 is 34.1 Å². The summed E-state index contributed by atoms with van der Waals surface area (Å²) in [5.74, 6) is -0.00838. The third kappa shape index (κ3) is 4.81. The first-order valence-electron chi connectivity index (χ1n) is 10.0. The number of halogens is 2. The van der Waals surface area contributed by atoms with E-state index in [1.54, 1.807) is 18.2 Å². The van der Waals surface area contributed by atoms with Crippen LogP contribution in [-0.2, 0) is 13.1 Å². The number of carbonyl (C=O) groups is 1. The summed E-state index contributed by atoms with van der Waals surface area (Å²) in [6.07, 6.45) is 1.72. The molecule has 0 aliphatic carbocycles. The molecule has 0 fully saturated rings. The van der Waals surface area contributed by atoms with Gasteiger partial charge in [-0.1, -0.05) is 60.1 Å². The molecule has 0 unspecified atom stereocenters. The Hall–Kier alpha value is -3.64. The van der Waals surface area contributed by atoms with E-state index in [1.165, 1.54) is 18.2 Å². The predicted molar refractivity (Wildman–Crippen MR) is 124 cm³/mol. The van der Waals surface area contributed by atoms with Gasteiger partial charge in [0.1, 0.15) is 5.82 Å². The largest absolute Gasteiger partial charge is 0.481 e. The molecular formula is C25H21ClFN3O2. The van der Waals surface area contributed by atoms with E-state index in [0.717, 1.165) is 21.9 Å². The lowest BCUT2D eigenvalue weighted by Gasteiger charge is -2.24. The molecule has 162 valence electrons. The highest BCUT2D eigenvalue weighted by molar-refractivity contribution is 6.31. The number of aromatic nitrogens is 1. The lowest BCUT2D eigenvalue weighted by atomic mass is 10.1. The zero-order valence-electron chi connectivity index (χ0n) is 17.4. The lowest BCUT2D eigenvalue weighted by Crippen LogP contribution is -2.34. The Morgan fingerprint density at radius 3 is 2.47 bits per heavy atom. The van der Waals surface area contributed by atoms with Gasteiger partial charge in [0.25, 0.3) is 0 Å². The Morgan fingerprint density at radius 1 is 1.03 bits per heavy atom. The van der Waals surface area contributed by atoms with Crippen LogP contribution in [0.15, 0.2) is 79.0 Å². The number of nitrogens with one attached hydrogen (secondary N) is 1. The van der Waals surface area contributed by atoms with Crippen LogP contribution in [0.2, 0.25) is 5.02 Å². The fourth-order valence-electron chi connectivity index (χ4n) is 3.50. The second-order valence-electron chi connectivity index (χ2n) is 7.24. The zero-order valence-corrected chi connectivity index (χ0v) is 18.1. The van der Waals surface area contributed by atoms with Gasteiger partial charge in [0.05, 0.1) is 12.1 Å². The average molecular weight is 450 g/mol. The normalized spacial score (nSPS) is 10.7. The van der Waals surface area contributed by atoms with Gasteiger partial charge in [0.2, 0.25) is 5.88 Å². The van der Waals surface area contributed by atoms with Crippen molar-refractivity contribution in [1.82, 2.24) is 9.88 Å². The maximum Gasteiger partial charge on any atom is 0.322 e. The molecule has 7 heteroatoms. The fraction of sp³-hybridized carbons (Fsp3) is 0.120. The van der Waals surface area contributed by atoms with Gasteiger partial charge in [-0.15, -0.1) is 0 Å². The van der Waals surface area contributed by atoms with Crippen LogP contribution in [0.4, 0.5) is 14.9 Å². The third-order valence-electron chi connectivity index (χ3n) is 5.07. The van der Waals surface area contributed by atoms with E-state index in [-0.39, 0.29) is 11.1 Å². The molecule has 0 bridgehead atoms. The SMILES string of the molecule is COc1ncc(CN(Cc2ccccc2)C(=O)Nc2ccc(F)c(Cl)c2)c2ccccc12. The molecule has 2 amide bonds. The van der Waals surface area contributed by atoms with Crippen LogP contribution >= 0.6 is 11.6 Å². The van der Waals surface area contributed by atoms with E-state index in [4.69, 9.17) is 16.3 Å². The summed E-state index contributed by atoms with van der Waals surface area (Å²) in [7, 11) is 1.58. The number of fused-ring (bicyclic) bond motifs is 1. The molecule has 1 heterocycles. The lowest BCUT2D eigenvalue weighted by molar-refractivity contribution is 0.206. The summed E-state index contributed by atoms with van der Waals surface area (Å²) in [6, 6.07) is 21.2. The molecule has 0 radical (unpaired) electrons. The van der Waals surface area contributed by atoms with Gasteiger partial charge in [0.15, 0.2) is 0 Å². The van der Waals surface area contributed by atoms with E-state index in [1.807, 2.05) is 54.6 Å². The molecule has 1 N–H and O–H groups in total. The van der Waals surface area contributed by atoms with Crippen LogP contribution < -0.4 is 10.1 Å². The molecule has 4 aromatic rings. The van der Waals surface area contributed by atoms with E-state index in [9.17, 15) is 9.18 Å². The quantitative estimate of drug-likeness (QED) is 0.377. The number of hydrogen-bond donors (Lipinski definition) is 1. The average Bonchev–Trinajstić information content (AvgIpc) is 2.82. The predicted octanol–water partition coefficient (Wildman–Crippen LogP) is 6.27. The number of carbonyl (C=O) groups excluding carboxylic acids is 1. The second kappa shape index (κ2) is 9.66. The first-order chi connectivity index (χ1) is 15.5. The van der Waals surface area contributed by atoms with Crippen LogP contribution in [0.25, 0.3) is 10.8 Å². The van der Waals surface area contributed by atoms with Crippen molar-refractivity contribution in [1.29, 1.82) is 0 Å². The smallest absolute Gasteiger partial charge is 0.322 e. The number of rotatable bonds is 6. The van der Waals surface area contributed by atoms with Crippen molar-refractivity contribution < 1.29 is 13.9 Å². The summed E-state index contributed by atoms with van der Waals surface area (Å²) in [4.78, 5) is 19.3. The summed E-state index contributed by atoms with van der Waals surface area (Å²) < 4.78 is 18.9. The maximum atomic E-state index is 13.5. The third-order valence-corrected chi connectivity index (χ3v) is 5.36. The minimum absolute atomic E-state index is 0.0530. The van der Waals surface area contributed by atoms with Gasteiger partial charge in [-0.3, -0.25) is 0 Å². The number of benzene rings is 3. The molecule has 0 saturated heterocycles. The summed E-state index contributed by atoms with van der Waals surface area (Å²) in [5, 5.41) is 4.59. The molecule has 0 spiro atoms. The maximum absolute atomic E-state index is 13.5. The number of anilines is 1. The number of pyridine rings is 1. The van der Waals surface area contributed by atoms with Crippen molar-refractivity contribution in [2.45, 2.75) is 13.1 Å². The van der Waals surface area contributed by atoms with Crippen molar-refractivity contribution in [3.63, 3.8) is 0 Å². The van der Waals surface area contributed by atoms with Crippen molar-refractivity contribution in [2.75, 3.05) is 12.4 Å². The summed E-state index contributed by atoms with van der Waals surface area (Å²) in [6.45, 7) is 0.690. The topological polar surface area (TPSA) is 54.5 Å². The van der Waals surface area contributed by atoms with Crippen LogP contribution in [-0.4, -0.2) is 23.0 Å². The minimum Gasteiger partial charge on any atom is -0.481 e. The molecule has 32 heavy (non-hydrogen) atoms. The highest BCUT2D eigenvalue weighted by Gasteiger charge is 2.18. The fourth-order valence-corrected chi connectivity index (χ4v) is 3.68. The molecule has 3 aromatic carbocycles. The monoisotopic (exact) mass is 449 g/mol. The number of hydrogen-bond acceptors (Lipinski definition) is 3. The molecule has 5 nitrogen and oxygen atoms in total. The van der Waals surface area contributed by atoms with Gasteiger partial charge in [-0.25, -0.2) is 14.2 Å². The van der Waals surface area contributed by atoms with Crippen molar-refractivity contribution in [2.24, 2.45) is 0 Å². The Kier molecular flexibility index (Phi) is 6.52. The van der Waals surface area contributed by atoms with E-state index >= 15 is 0 Å². The van der Waals surface area contributed by atoms with Gasteiger partial charge >= 0.3 is 6.03 Å². The van der Waals surface area contributed by atoms with Crippen molar-refractivity contribution in [3.8, 4) is 5.88 Å². The second-order valence-corrected chi connectivity index (χ2v) is 7.65. The standard InChI is InChI=1S/C25H21ClFN3O2/c1-32-24-21-10-6-5-9-20(21)18(14-28-24)16-30(15-17-7-3-2-4-8-17)25(31)29-19-11-12-23(27)22(26)13-19/h2-14H,15-16H2,1H3,(H,29,31).